The van der Waals surface area contributed by atoms with Gasteiger partial charge in [0.05, 0.1) is 0 Å². The second-order valence-electron chi connectivity index (χ2n) is 5.06. The highest BCUT2D eigenvalue weighted by Crippen LogP contribution is 2.10. The van der Waals surface area contributed by atoms with Gasteiger partial charge in [0, 0.05) is 45.2 Å². The van der Waals surface area contributed by atoms with E-state index in [0.717, 1.165) is 36.1 Å². The van der Waals surface area contributed by atoms with Gasteiger partial charge < -0.3 is 15.5 Å². The van der Waals surface area contributed by atoms with Gasteiger partial charge in [-0.05, 0) is 24.1 Å². The van der Waals surface area contributed by atoms with Crippen LogP contribution in [-0.4, -0.2) is 44.0 Å². The summed E-state index contributed by atoms with van der Waals surface area (Å²) < 4.78 is 0. The molecule has 6 heteroatoms. The maximum Gasteiger partial charge on any atom is 0.221 e. The fraction of sp³-hybridized carbons (Fsp3) is 0.500. The zero-order valence-electron chi connectivity index (χ0n) is 13.5. The van der Waals surface area contributed by atoms with Gasteiger partial charge in [-0.15, -0.1) is 0 Å². The molecule has 1 aromatic carbocycles. The first-order valence-corrected chi connectivity index (χ1v) is 7.87. The lowest BCUT2D eigenvalue weighted by molar-refractivity contribution is -0.120. The predicted molar refractivity (Wildman–Crippen MR) is 92.2 cm³/mol. The minimum absolute atomic E-state index is 0.0603. The normalized spacial score (nSPS) is 11.2. The van der Waals surface area contributed by atoms with Gasteiger partial charge in [0.15, 0.2) is 5.96 Å². The van der Waals surface area contributed by atoms with Crippen molar-refractivity contribution in [2.75, 3.05) is 27.2 Å². The third-order valence-corrected chi connectivity index (χ3v) is 3.37. The molecule has 0 aliphatic rings. The number of aliphatic imine (C=N–C) groups is 1. The zero-order chi connectivity index (χ0) is 16.4. The summed E-state index contributed by atoms with van der Waals surface area (Å²) in [4.78, 5) is 17.8. The molecule has 1 aromatic rings. The molecule has 0 unspecified atom stereocenters. The summed E-state index contributed by atoms with van der Waals surface area (Å²) in [5.41, 5.74) is 1.15. The average Bonchev–Trinajstić information content (AvgIpc) is 2.51. The molecule has 0 saturated heterocycles. The standard InChI is InChI=1S/C16H25ClN4O/c1-4-10-19-15(22)9-11-20-16(18-2)21(3)12-13-5-7-14(17)8-6-13/h5-8H,4,9-12H2,1-3H3,(H,18,20)(H,19,22). The lowest BCUT2D eigenvalue weighted by atomic mass is 10.2. The number of amides is 1. The Morgan fingerprint density at radius 3 is 2.50 bits per heavy atom. The van der Waals surface area contributed by atoms with Crippen molar-refractivity contribution in [3.05, 3.63) is 34.9 Å². The zero-order valence-corrected chi connectivity index (χ0v) is 14.3. The van der Waals surface area contributed by atoms with Gasteiger partial charge in [-0.25, -0.2) is 0 Å². The van der Waals surface area contributed by atoms with E-state index < -0.39 is 0 Å². The summed E-state index contributed by atoms with van der Waals surface area (Å²) in [5.74, 6) is 0.823. The van der Waals surface area contributed by atoms with Crippen molar-refractivity contribution in [2.45, 2.75) is 26.3 Å². The molecule has 1 amide bonds. The fourth-order valence-corrected chi connectivity index (χ4v) is 2.09. The number of halogens is 1. The molecule has 0 radical (unpaired) electrons. The number of hydrogen-bond donors (Lipinski definition) is 2. The third-order valence-electron chi connectivity index (χ3n) is 3.11. The molecule has 0 spiro atoms. The summed E-state index contributed by atoms with van der Waals surface area (Å²) in [6.07, 6.45) is 1.39. The van der Waals surface area contributed by atoms with Gasteiger partial charge >= 0.3 is 0 Å². The molecule has 0 aromatic heterocycles. The van der Waals surface area contributed by atoms with Crippen LogP contribution in [-0.2, 0) is 11.3 Å². The van der Waals surface area contributed by atoms with E-state index in [1.54, 1.807) is 7.05 Å². The van der Waals surface area contributed by atoms with Crippen LogP contribution in [0.1, 0.15) is 25.3 Å². The molecule has 1 rings (SSSR count). The maximum absolute atomic E-state index is 11.5. The van der Waals surface area contributed by atoms with E-state index in [9.17, 15) is 4.79 Å². The van der Waals surface area contributed by atoms with Crippen molar-refractivity contribution in [2.24, 2.45) is 4.99 Å². The molecular formula is C16H25ClN4O. The number of guanidine groups is 1. The van der Waals surface area contributed by atoms with Crippen molar-refractivity contribution in [1.82, 2.24) is 15.5 Å². The number of carbonyl (C=O) groups excluding carboxylic acids is 1. The van der Waals surface area contributed by atoms with Crippen LogP contribution in [0.3, 0.4) is 0 Å². The second kappa shape index (κ2) is 10.1. The Balaban J connectivity index is 2.40. The smallest absolute Gasteiger partial charge is 0.221 e. The summed E-state index contributed by atoms with van der Waals surface area (Å²) >= 11 is 5.88. The monoisotopic (exact) mass is 324 g/mol. The Hall–Kier alpha value is -1.75. The van der Waals surface area contributed by atoms with Gasteiger partial charge in [0.1, 0.15) is 0 Å². The van der Waals surface area contributed by atoms with Crippen molar-refractivity contribution in [3.8, 4) is 0 Å². The number of benzene rings is 1. The largest absolute Gasteiger partial charge is 0.356 e. The molecule has 0 aliphatic carbocycles. The first-order valence-electron chi connectivity index (χ1n) is 7.49. The molecule has 0 heterocycles. The van der Waals surface area contributed by atoms with E-state index in [1.807, 2.05) is 43.1 Å². The lowest BCUT2D eigenvalue weighted by Crippen LogP contribution is -2.40. The SMILES string of the molecule is CCCNC(=O)CCNC(=NC)N(C)Cc1ccc(Cl)cc1. The van der Waals surface area contributed by atoms with E-state index in [-0.39, 0.29) is 5.91 Å². The topological polar surface area (TPSA) is 56.7 Å². The molecule has 122 valence electrons. The van der Waals surface area contributed by atoms with E-state index in [0.29, 0.717) is 13.0 Å². The minimum Gasteiger partial charge on any atom is -0.356 e. The molecule has 2 N–H and O–H groups in total. The van der Waals surface area contributed by atoms with Crippen molar-refractivity contribution in [3.63, 3.8) is 0 Å². The quantitative estimate of drug-likeness (QED) is 0.597. The summed E-state index contributed by atoms with van der Waals surface area (Å²) in [7, 11) is 3.69. The van der Waals surface area contributed by atoms with Gasteiger partial charge in [-0.2, -0.15) is 0 Å². The van der Waals surface area contributed by atoms with Gasteiger partial charge in [-0.3, -0.25) is 9.79 Å². The van der Waals surface area contributed by atoms with Crippen LogP contribution in [0.15, 0.2) is 29.3 Å². The highest BCUT2D eigenvalue weighted by atomic mass is 35.5. The summed E-state index contributed by atoms with van der Waals surface area (Å²) in [5, 5.41) is 6.78. The maximum atomic E-state index is 11.5. The third kappa shape index (κ3) is 6.80. The van der Waals surface area contributed by atoms with Crippen LogP contribution in [0, 0.1) is 0 Å². The number of carbonyl (C=O) groups is 1. The fourth-order valence-electron chi connectivity index (χ4n) is 1.96. The predicted octanol–water partition coefficient (Wildman–Crippen LogP) is 2.26. The first-order chi connectivity index (χ1) is 10.6. The Morgan fingerprint density at radius 2 is 1.91 bits per heavy atom. The molecule has 5 nitrogen and oxygen atoms in total. The van der Waals surface area contributed by atoms with E-state index >= 15 is 0 Å². The van der Waals surface area contributed by atoms with E-state index in [1.165, 1.54) is 0 Å². The summed E-state index contributed by atoms with van der Waals surface area (Å²) in [6, 6.07) is 7.73. The Kier molecular flexibility index (Phi) is 8.36. The minimum atomic E-state index is 0.0603. The molecule has 0 saturated carbocycles. The Morgan fingerprint density at radius 1 is 1.23 bits per heavy atom. The van der Waals surface area contributed by atoms with Crippen molar-refractivity contribution >= 4 is 23.5 Å². The molecule has 0 bridgehead atoms. The Labute approximate surface area is 137 Å². The van der Waals surface area contributed by atoms with Gasteiger partial charge in [0.25, 0.3) is 0 Å². The lowest BCUT2D eigenvalue weighted by Gasteiger charge is -2.22. The number of nitrogens with zero attached hydrogens (tertiary/aromatic N) is 2. The van der Waals surface area contributed by atoms with Crippen molar-refractivity contribution < 1.29 is 4.79 Å². The highest BCUT2D eigenvalue weighted by molar-refractivity contribution is 6.30. The second-order valence-corrected chi connectivity index (χ2v) is 5.49. The van der Waals surface area contributed by atoms with Gasteiger partial charge in [-0.1, -0.05) is 30.7 Å². The number of nitrogens with one attached hydrogen (secondary N) is 2. The van der Waals surface area contributed by atoms with Crippen LogP contribution < -0.4 is 10.6 Å². The number of hydrogen-bond acceptors (Lipinski definition) is 2. The summed E-state index contributed by atoms with van der Waals surface area (Å²) in [6.45, 7) is 4.04. The molecule has 0 aliphatic heterocycles. The van der Waals surface area contributed by atoms with Crippen LogP contribution in [0.2, 0.25) is 5.02 Å². The van der Waals surface area contributed by atoms with E-state index in [2.05, 4.69) is 15.6 Å². The first kappa shape index (κ1) is 18.3. The van der Waals surface area contributed by atoms with Crippen LogP contribution in [0.4, 0.5) is 0 Å². The Bertz CT molecular complexity index is 487. The number of rotatable bonds is 7. The van der Waals surface area contributed by atoms with Crippen LogP contribution >= 0.6 is 11.6 Å². The molecular weight excluding hydrogens is 300 g/mol. The molecule has 0 atom stereocenters. The van der Waals surface area contributed by atoms with Crippen LogP contribution in [0.25, 0.3) is 0 Å². The van der Waals surface area contributed by atoms with Crippen LogP contribution in [0.5, 0.6) is 0 Å². The molecule has 0 fully saturated rings. The average molecular weight is 325 g/mol. The van der Waals surface area contributed by atoms with E-state index in [4.69, 9.17) is 11.6 Å². The highest BCUT2D eigenvalue weighted by Gasteiger charge is 2.07. The van der Waals surface area contributed by atoms with Crippen molar-refractivity contribution in [1.29, 1.82) is 0 Å². The molecule has 22 heavy (non-hydrogen) atoms. The van der Waals surface area contributed by atoms with Gasteiger partial charge in [0.2, 0.25) is 5.91 Å².